The van der Waals surface area contributed by atoms with Crippen molar-refractivity contribution in [3.05, 3.63) is 50.7 Å². The largest absolute Gasteiger partial charge is 0.497 e. The van der Waals surface area contributed by atoms with Crippen molar-refractivity contribution < 1.29 is 4.74 Å². The molecule has 0 atom stereocenters. The fraction of sp³-hybridized carbons (Fsp3) is 0.333. The molecule has 0 saturated carbocycles. The van der Waals surface area contributed by atoms with E-state index in [4.69, 9.17) is 4.74 Å². The maximum absolute atomic E-state index is 12.0. The van der Waals surface area contributed by atoms with E-state index in [1.54, 1.807) is 14.2 Å². The number of anilines is 2. The Morgan fingerprint density at radius 2 is 1.86 bits per heavy atom. The molecule has 1 N–H and O–H groups in total. The average Bonchev–Trinajstić information content (AvgIpc) is 2.82. The first-order chi connectivity index (χ1) is 10.5. The highest BCUT2D eigenvalue weighted by Gasteiger charge is 2.29. The number of methoxy groups -OCH3 is 1. The number of nitrogens with zero attached hydrogens (tertiary/aromatic N) is 3. The number of nitrogens with one attached hydrogen (secondary N) is 1. The van der Waals surface area contributed by atoms with Crippen molar-refractivity contribution in [2.45, 2.75) is 6.54 Å². The number of ether oxygens (including phenoxy) is 1. The predicted octanol–water partition coefficient (Wildman–Crippen LogP) is 0.496. The highest BCUT2D eigenvalue weighted by atomic mass is 16.5. The Balaban J connectivity index is 1.98. The van der Waals surface area contributed by atoms with Crippen LogP contribution in [0.4, 0.5) is 11.5 Å². The fourth-order valence-corrected chi connectivity index (χ4v) is 2.77. The van der Waals surface area contributed by atoms with E-state index in [1.807, 2.05) is 41.1 Å². The van der Waals surface area contributed by atoms with Crippen LogP contribution >= 0.6 is 0 Å². The molecule has 7 heteroatoms. The van der Waals surface area contributed by atoms with Gasteiger partial charge in [0.05, 0.1) is 13.8 Å². The number of hydrogen-bond donors (Lipinski definition) is 1. The standard InChI is InChI=1S/C15H18N4O3/c1-17-9-19(8-10-4-6-11(22-3)7-5-10)14-12(17)13(20)16-15(21)18(14)2/h4-7H,8-9H2,1-3H3,(H,16,20,21). The number of H-pyrrole nitrogens is 1. The Kier molecular flexibility index (Phi) is 3.40. The lowest BCUT2D eigenvalue weighted by molar-refractivity contribution is 0.414. The van der Waals surface area contributed by atoms with Crippen molar-refractivity contribution in [3.8, 4) is 5.75 Å². The van der Waals surface area contributed by atoms with Gasteiger partial charge in [-0.05, 0) is 17.7 Å². The minimum absolute atomic E-state index is 0.349. The molecule has 1 aromatic carbocycles. The Morgan fingerprint density at radius 3 is 2.50 bits per heavy atom. The number of aromatic nitrogens is 2. The van der Waals surface area contributed by atoms with Gasteiger partial charge in [-0.2, -0.15) is 0 Å². The van der Waals surface area contributed by atoms with Gasteiger partial charge in [0, 0.05) is 20.6 Å². The van der Waals surface area contributed by atoms with Crippen LogP contribution in [-0.4, -0.2) is 30.4 Å². The smallest absolute Gasteiger partial charge is 0.329 e. The second-order valence-electron chi connectivity index (χ2n) is 5.38. The van der Waals surface area contributed by atoms with Crippen LogP contribution in [0, 0.1) is 0 Å². The quantitative estimate of drug-likeness (QED) is 0.894. The third-order valence-electron chi connectivity index (χ3n) is 3.87. The topological polar surface area (TPSA) is 70.6 Å². The Labute approximate surface area is 127 Å². The monoisotopic (exact) mass is 302 g/mol. The van der Waals surface area contributed by atoms with Gasteiger partial charge in [-0.15, -0.1) is 0 Å². The molecule has 2 heterocycles. The van der Waals surface area contributed by atoms with Gasteiger partial charge >= 0.3 is 5.69 Å². The third-order valence-corrected chi connectivity index (χ3v) is 3.87. The summed E-state index contributed by atoms with van der Waals surface area (Å²) in [5, 5.41) is 0. The summed E-state index contributed by atoms with van der Waals surface area (Å²) >= 11 is 0. The predicted molar refractivity (Wildman–Crippen MR) is 84.8 cm³/mol. The molecule has 3 rings (SSSR count). The SMILES string of the molecule is COc1ccc(CN2CN(C)c3c2n(C)c(=O)[nH]c3=O)cc1. The maximum Gasteiger partial charge on any atom is 0.329 e. The second kappa shape index (κ2) is 5.25. The van der Waals surface area contributed by atoms with Crippen LogP contribution in [0.25, 0.3) is 0 Å². The zero-order valence-corrected chi connectivity index (χ0v) is 12.8. The second-order valence-corrected chi connectivity index (χ2v) is 5.38. The van der Waals surface area contributed by atoms with Crippen LogP contribution in [0.3, 0.4) is 0 Å². The summed E-state index contributed by atoms with van der Waals surface area (Å²) in [5.41, 5.74) is 0.849. The highest BCUT2D eigenvalue weighted by Crippen LogP contribution is 2.31. The number of benzene rings is 1. The van der Waals surface area contributed by atoms with Gasteiger partial charge in [0.1, 0.15) is 17.3 Å². The van der Waals surface area contributed by atoms with Crippen molar-refractivity contribution in [2.75, 3.05) is 30.6 Å². The molecule has 0 radical (unpaired) electrons. The van der Waals surface area contributed by atoms with Gasteiger partial charge in [0.15, 0.2) is 0 Å². The molecule has 1 aliphatic rings. The Morgan fingerprint density at radius 1 is 1.18 bits per heavy atom. The van der Waals surface area contributed by atoms with E-state index in [1.165, 1.54) is 4.57 Å². The molecule has 22 heavy (non-hydrogen) atoms. The van der Waals surface area contributed by atoms with Gasteiger partial charge < -0.3 is 14.5 Å². The molecule has 0 amide bonds. The minimum atomic E-state index is -0.404. The lowest BCUT2D eigenvalue weighted by Crippen LogP contribution is -2.32. The molecule has 1 aliphatic heterocycles. The summed E-state index contributed by atoms with van der Waals surface area (Å²) in [6, 6.07) is 7.74. The van der Waals surface area contributed by atoms with Crippen LogP contribution in [0.1, 0.15) is 5.56 Å². The van der Waals surface area contributed by atoms with Gasteiger partial charge in [-0.1, -0.05) is 12.1 Å². The van der Waals surface area contributed by atoms with Crippen molar-refractivity contribution >= 4 is 11.5 Å². The van der Waals surface area contributed by atoms with E-state index in [9.17, 15) is 9.59 Å². The normalized spacial score (nSPS) is 13.4. The zero-order chi connectivity index (χ0) is 15.9. The van der Waals surface area contributed by atoms with Crippen LogP contribution in [0.15, 0.2) is 33.9 Å². The number of hydrogen-bond acceptors (Lipinski definition) is 5. The van der Waals surface area contributed by atoms with Crippen molar-refractivity contribution in [1.29, 1.82) is 0 Å². The van der Waals surface area contributed by atoms with E-state index in [-0.39, 0.29) is 5.56 Å². The first kappa shape index (κ1) is 14.2. The van der Waals surface area contributed by atoms with E-state index >= 15 is 0 Å². The number of aromatic amines is 1. The summed E-state index contributed by atoms with van der Waals surface area (Å²) in [6.07, 6.45) is 0. The number of rotatable bonds is 3. The number of fused-ring (bicyclic) bond motifs is 1. The first-order valence-corrected chi connectivity index (χ1v) is 6.93. The molecule has 0 saturated heterocycles. The molecule has 7 nitrogen and oxygen atoms in total. The zero-order valence-electron chi connectivity index (χ0n) is 12.8. The summed E-state index contributed by atoms with van der Waals surface area (Å²) in [4.78, 5) is 30.0. The molecule has 2 aromatic rings. The molecule has 1 aromatic heterocycles. The molecular formula is C15H18N4O3. The molecule has 0 fully saturated rings. The molecule has 116 valence electrons. The summed E-state index contributed by atoms with van der Waals surface area (Å²) in [5.74, 6) is 1.44. The van der Waals surface area contributed by atoms with Gasteiger partial charge in [0.25, 0.3) is 5.56 Å². The summed E-state index contributed by atoms with van der Waals surface area (Å²) < 4.78 is 6.63. The average molecular weight is 302 g/mol. The molecule has 0 aliphatic carbocycles. The van der Waals surface area contributed by atoms with E-state index in [0.717, 1.165) is 11.3 Å². The van der Waals surface area contributed by atoms with Crippen LogP contribution < -0.4 is 25.8 Å². The summed E-state index contributed by atoms with van der Waals surface area (Å²) in [6.45, 7) is 1.17. The van der Waals surface area contributed by atoms with E-state index in [2.05, 4.69) is 4.98 Å². The lowest BCUT2D eigenvalue weighted by Gasteiger charge is -2.20. The van der Waals surface area contributed by atoms with Crippen molar-refractivity contribution in [2.24, 2.45) is 7.05 Å². The third kappa shape index (κ3) is 2.24. The summed E-state index contributed by atoms with van der Waals surface area (Å²) in [7, 11) is 5.13. The Bertz CT molecular complexity index is 807. The van der Waals surface area contributed by atoms with Crippen molar-refractivity contribution in [3.63, 3.8) is 0 Å². The highest BCUT2D eigenvalue weighted by molar-refractivity contribution is 5.71. The molecular weight excluding hydrogens is 284 g/mol. The van der Waals surface area contributed by atoms with E-state index < -0.39 is 5.69 Å². The minimum Gasteiger partial charge on any atom is -0.497 e. The molecule has 0 unspecified atom stereocenters. The van der Waals surface area contributed by atoms with E-state index in [0.29, 0.717) is 24.7 Å². The molecule has 0 bridgehead atoms. The van der Waals surface area contributed by atoms with Crippen LogP contribution in [-0.2, 0) is 13.6 Å². The maximum atomic E-state index is 12.0. The first-order valence-electron chi connectivity index (χ1n) is 6.93. The van der Waals surface area contributed by atoms with Crippen LogP contribution in [0.5, 0.6) is 5.75 Å². The van der Waals surface area contributed by atoms with Crippen molar-refractivity contribution in [1.82, 2.24) is 9.55 Å². The van der Waals surface area contributed by atoms with Gasteiger partial charge in [-0.3, -0.25) is 14.3 Å². The lowest BCUT2D eigenvalue weighted by atomic mass is 10.2. The van der Waals surface area contributed by atoms with Gasteiger partial charge in [-0.25, -0.2) is 4.79 Å². The van der Waals surface area contributed by atoms with Gasteiger partial charge in [0.2, 0.25) is 0 Å². The fourth-order valence-electron chi connectivity index (χ4n) is 2.77. The molecule has 0 spiro atoms. The Hall–Kier alpha value is -2.70. The van der Waals surface area contributed by atoms with Crippen LogP contribution in [0.2, 0.25) is 0 Å².